The smallest absolute Gasteiger partial charge is 0.160 e. The molecule has 1 atom stereocenters. The van der Waals surface area contributed by atoms with E-state index in [0.717, 1.165) is 28.8 Å². The lowest BCUT2D eigenvalue weighted by Crippen LogP contribution is -2.23. The predicted molar refractivity (Wildman–Crippen MR) is 106 cm³/mol. The average molecular weight is 368 g/mol. The van der Waals surface area contributed by atoms with E-state index in [1.54, 1.807) is 7.11 Å². The minimum absolute atomic E-state index is 0.0412. The fourth-order valence-electron chi connectivity index (χ4n) is 2.89. The van der Waals surface area contributed by atoms with E-state index in [0.29, 0.717) is 6.61 Å². The van der Waals surface area contributed by atoms with E-state index in [-0.39, 0.29) is 17.4 Å². The van der Waals surface area contributed by atoms with Crippen LogP contribution in [-0.2, 0) is 16.8 Å². The summed E-state index contributed by atoms with van der Waals surface area (Å²) in [5.41, 5.74) is 1.53. The number of hydrogen-bond donors (Lipinski definition) is 1. The van der Waals surface area contributed by atoms with Gasteiger partial charge in [0.05, 0.1) is 18.3 Å². The number of aromatic nitrogens is 5. The summed E-state index contributed by atoms with van der Waals surface area (Å²) in [7, 11) is 1.67. The Morgan fingerprint density at radius 2 is 1.93 bits per heavy atom. The third kappa shape index (κ3) is 4.24. The summed E-state index contributed by atoms with van der Waals surface area (Å²) in [5.74, 6) is 2.71. The summed E-state index contributed by atoms with van der Waals surface area (Å²) >= 11 is 0. The zero-order valence-corrected chi connectivity index (χ0v) is 16.9. The Morgan fingerprint density at radius 1 is 1.15 bits per heavy atom. The highest BCUT2D eigenvalue weighted by Crippen LogP contribution is 2.27. The first-order valence-corrected chi connectivity index (χ1v) is 9.23. The number of nitrogens with one attached hydrogen (secondary N) is 1. The summed E-state index contributed by atoms with van der Waals surface area (Å²) in [6.45, 7) is 11.1. The van der Waals surface area contributed by atoms with Crippen LogP contribution in [0.4, 0.5) is 5.82 Å². The van der Waals surface area contributed by atoms with Crippen LogP contribution in [0.2, 0.25) is 0 Å². The lowest BCUT2D eigenvalue weighted by atomic mass is 9.95. The minimum atomic E-state index is -0.158. The van der Waals surface area contributed by atoms with Gasteiger partial charge in [-0.15, -0.1) is 10.2 Å². The molecule has 0 aromatic carbocycles. The van der Waals surface area contributed by atoms with Gasteiger partial charge in [0.25, 0.3) is 0 Å². The van der Waals surface area contributed by atoms with Crippen molar-refractivity contribution in [2.45, 2.75) is 52.7 Å². The molecule has 27 heavy (non-hydrogen) atoms. The van der Waals surface area contributed by atoms with E-state index in [9.17, 15) is 0 Å². The van der Waals surface area contributed by atoms with Crippen molar-refractivity contribution in [1.29, 1.82) is 0 Å². The van der Waals surface area contributed by atoms with Crippen molar-refractivity contribution in [3.05, 3.63) is 47.8 Å². The van der Waals surface area contributed by atoms with Crippen molar-refractivity contribution in [1.82, 2.24) is 24.6 Å². The van der Waals surface area contributed by atoms with Gasteiger partial charge in [-0.1, -0.05) is 40.7 Å². The molecule has 7 heteroatoms. The van der Waals surface area contributed by atoms with Crippen molar-refractivity contribution >= 4 is 11.5 Å². The molecule has 0 amide bonds. The molecule has 3 rings (SSSR count). The van der Waals surface area contributed by atoms with Crippen LogP contribution in [0.25, 0.3) is 5.65 Å². The monoisotopic (exact) mass is 368 g/mol. The SMILES string of the molecule is COCc1cc(NC(c2nnc3ccccn23)C(C)C)nc(C(C)(C)C)n1. The van der Waals surface area contributed by atoms with E-state index < -0.39 is 0 Å². The zero-order chi connectivity index (χ0) is 19.6. The number of hydrogen-bond acceptors (Lipinski definition) is 6. The second-order valence-electron chi connectivity index (χ2n) is 8.10. The van der Waals surface area contributed by atoms with Gasteiger partial charge in [0.15, 0.2) is 11.5 Å². The molecule has 0 saturated heterocycles. The standard InChI is InChI=1S/C20H28N6O/c1-13(2)17(18-25-24-16-9-7-8-10-26(16)18)22-15-11-14(12-27-6)21-19(23-15)20(3,4)5/h7-11,13,17H,12H2,1-6H3,(H,21,22,23). The fourth-order valence-corrected chi connectivity index (χ4v) is 2.89. The lowest BCUT2D eigenvalue weighted by Gasteiger charge is -2.24. The minimum Gasteiger partial charge on any atom is -0.378 e. The summed E-state index contributed by atoms with van der Waals surface area (Å²) < 4.78 is 7.30. The molecule has 0 bridgehead atoms. The van der Waals surface area contributed by atoms with Crippen LogP contribution in [0.3, 0.4) is 0 Å². The van der Waals surface area contributed by atoms with Crippen molar-refractivity contribution < 1.29 is 4.74 Å². The van der Waals surface area contributed by atoms with Crippen LogP contribution < -0.4 is 5.32 Å². The quantitative estimate of drug-likeness (QED) is 0.714. The van der Waals surface area contributed by atoms with E-state index in [4.69, 9.17) is 9.72 Å². The fraction of sp³-hybridized carbons (Fsp3) is 0.500. The van der Waals surface area contributed by atoms with Gasteiger partial charge in [-0.05, 0) is 18.1 Å². The summed E-state index contributed by atoms with van der Waals surface area (Å²) in [6.07, 6.45) is 1.98. The summed E-state index contributed by atoms with van der Waals surface area (Å²) in [6, 6.07) is 7.80. The second-order valence-corrected chi connectivity index (χ2v) is 8.10. The largest absolute Gasteiger partial charge is 0.378 e. The first-order chi connectivity index (χ1) is 12.8. The van der Waals surface area contributed by atoms with E-state index in [1.165, 1.54) is 0 Å². The summed E-state index contributed by atoms with van der Waals surface area (Å²) in [4.78, 5) is 9.41. The molecule has 1 unspecified atom stereocenters. The molecule has 144 valence electrons. The number of nitrogens with zero attached hydrogens (tertiary/aromatic N) is 5. The number of rotatable bonds is 6. The Kier molecular flexibility index (Phi) is 5.41. The third-order valence-electron chi connectivity index (χ3n) is 4.33. The molecule has 0 spiro atoms. The Morgan fingerprint density at radius 3 is 2.59 bits per heavy atom. The molecule has 0 aliphatic rings. The van der Waals surface area contributed by atoms with E-state index in [2.05, 4.69) is 55.1 Å². The van der Waals surface area contributed by atoms with Gasteiger partial charge in [-0.25, -0.2) is 9.97 Å². The van der Waals surface area contributed by atoms with Crippen molar-refractivity contribution in [3.8, 4) is 0 Å². The first kappa shape index (κ1) is 19.2. The first-order valence-electron chi connectivity index (χ1n) is 9.23. The highest BCUT2D eigenvalue weighted by atomic mass is 16.5. The molecule has 0 aliphatic heterocycles. The Hall–Kier alpha value is -2.54. The third-order valence-corrected chi connectivity index (χ3v) is 4.33. The Bertz CT molecular complexity index is 912. The van der Waals surface area contributed by atoms with Gasteiger partial charge in [0.2, 0.25) is 0 Å². The molecular formula is C20H28N6O. The molecule has 3 aromatic heterocycles. The van der Waals surface area contributed by atoms with Crippen LogP contribution in [0.15, 0.2) is 30.5 Å². The van der Waals surface area contributed by atoms with Crippen LogP contribution >= 0.6 is 0 Å². The molecule has 1 N–H and O–H groups in total. The highest BCUT2D eigenvalue weighted by molar-refractivity contribution is 5.42. The van der Waals surface area contributed by atoms with Gasteiger partial charge < -0.3 is 10.1 Å². The van der Waals surface area contributed by atoms with Gasteiger partial charge >= 0.3 is 0 Å². The van der Waals surface area contributed by atoms with Crippen LogP contribution in [0, 0.1) is 5.92 Å². The number of anilines is 1. The van der Waals surface area contributed by atoms with E-state index in [1.807, 2.05) is 34.9 Å². The van der Waals surface area contributed by atoms with Crippen molar-refractivity contribution in [2.24, 2.45) is 5.92 Å². The van der Waals surface area contributed by atoms with Gasteiger partial charge in [-0.3, -0.25) is 4.40 Å². The molecular weight excluding hydrogens is 340 g/mol. The van der Waals surface area contributed by atoms with Crippen LogP contribution in [0.5, 0.6) is 0 Å². The van der Waals surface area contributed by atoms with Crippen LogP contribution in [-0.4, -0.2) is 31.7 Å². The molecule has 0 radical (unpaired) electrons. The number of fused-ring (bicyclic) bond motifs is 1. The molecule has 0 fully saturated rings. The maximum absolute atomic E-state index is 5.29. The second kappa shape index (κ2) is 7.60. The van der Waals surface area contributed by atoms with Crippen molar-refractivity contribution in [3.63, 3.8) is 0 Å². The molecule has 0 saturated carbocycles. The van der Waals surface area contributed by atoms with Gasteiger partial charge in [-0.2, -0.15) is 0 Å². The maximum Gasteiger partial charge on any atom is 0.160 e. The van der Waals surface area contributed by atoms with Gasteiger partial charge in [0, 0.05) is 24.8 Å². The topological polar surface area (TPSA) is 77.2 Å². The molecule has 0 aliphatic carbocycles. The predicted octanol–water partition coefficient (Wildman–Crippen LogP) is 3.77. The zero-order valence-electron chi connectivity index (χ0n) is 16.9. The average Bonchev–Trinajstić information content (AvgIpc) is 3.02. The van der Waals surface area contributed by atoms with Crippen LogP contribution in [0.1, 0.15) is 58.0 Å². The number of methoxy groups -OCH3 is 1. The highest BCUT2D eigenvalue weighted by Gasteiger charge is 2.24. The van der Waals surface area contributed by atoms with Crippen molar-refractivity contribution in [2.75, 3.05) is 12.4 Å². The molecule has 7 nitrogen and oxygen atoms in total. The lowest BCUT2D eigenvalue weighted by molar-refractivity contribution is 0.181. The normalized spacial score (nSPS) is 13.3. The number of pyridine rings is 1. The van der Waals surface area contributed by atoms with E-state index >= 15 is 0 Å². The molecule has 3 aromatic rings. The Balaban J connectivity index is 2.01. The number of ether oxygens (including phenoxy) is 1. The van der Waals surface area contributed by atoms with Gasteiger partial charge in [0.1, 0.15) is 11.6 Å². The Labute approximate surface area is 160 Å². The summed E-state index contributed by atoms with van der Waals surface area (Å²) in [5, 5.41) is 12.3. The maximum atomic E-state index is 5.29. The molecule has 3 heterocycles.